The highest BCUT2D eigenvalue weighted by atomic mass is 19.1. The van der Waals surface area contributed by atoms with Crippen molar-refractivity contribution in [3.63, 3.8) is 0 Å². The van der Waals surface area contributed by atoms with Crippen LogP contribution in [-0.4, -0.2) is 10.5 Å². The summed E-state index contributed by atoms with van der Waals surface area (Å²) in [7, 11) is 1.61. The largest absolute Gasteiger partial charge is 0.345 e. The molecule has 5 heteroatoms. The van der Waals surface area contributed by atoms with Gasteiger partial charge in [0.25, 0.3) is 5.91 Å². The Bertz CT molecular complexity index is 763. The molecule has 1 aromatic carbocycles. The first kappa shape index (κ1) is 15.5. The number of rotatable bonds is 4. The van der Waals surface area contributed by atoms with Crippen molar-refractivity contribution in [2.45, 2.75) is 25.3 Å². The van der Waals surface area contributed by atoms with Crippen molar-refractivity contribution < 1.29 is 9.18 Å². The number of carbonyl (C=O) groups is 1. The van der Waals surface area contributed by atoms with Crippen LogP contribution in [0.3, 0.4) is 0 Å². The number of halogens is 1. The number of pyridine rings is 1. The molecule has 0 aliphatic heterocycles. The summed E-state index contributed by atoms with van der Waals surface area (Å²) in [6, 6.07) is 9.05. The normalized spacial score (nSPS) is 15.7. The molecule has 120 valence electrons. The molecule has 0 spiro atoms. The number of hydrogen-bond donors (Lipinski definition) is 1. The van der Waals surface area contributed by atoms with Crippen LogP contribution in [0.15, 0.2) is 47.4 Å². The molecule has 23 heavy (non-hydrogen) atoms. The highest BCUT2D eigenvalue weighted by Gasteiger charge is 2.30. The summed E-state index contributed by atoms with van der Waals surface area (Å²) in [4.78, 5) is 23.9. The summed E-state index contributed by atoms with van der Waals surface area (Å²) < 4.78 is 14.5. The van der Waals surface area contributed by atoms with Gasteiger partial charge >= 0.3 is 0 Å². The Kier molecular flexibility index (Phi) is 4.28. The first-order valence-electron chi connectivity index (χ1n) is 7.77. The number of aryl methyl sites for hydroxylation is 1. The van der Waals surface area contributed by atoms with Crippen LogP contribution in [0.5, 0.6) is 0 Å². The number of benzene rings is 1. The van der Waals surface area contributed by atoms with Gasteiger partial charge in [-0.05, 0) is 42.5 Å². The topological polar surface area (TPSA) is 51.1 Å². The Hall–Kier alpha value is -2.43. The molecule has 0 bridgehead atoms. The maximum atomic E-state index is 13.1. The van der Waals surface area contributed by atoms with Gasteiger partial charge in [0.1, 0.15) is 5.82 Å². The zero-order valence-corrected chi connectivity index (χ0v) is 13.0. The minimum absolute atomic E-state index is 0.130. The molecule has 1 aliphatic carbocycles. The number of aromatic nitrogens is 1. The fourth-order valence-electron chi connectivity index (χ4n) is 2.87. The van der Waals surface area contributed by atoms with E-state index in [1.54, 1.807) is 19.2 Å². The lowest BCUT2D eigenvalue weighted by Crippen LogP contribution is -2.36. The SMILES string of the molecule is Cn1cc(C(=O)NC(c2ccc(F)cc2)C2CCC2)ccc1=O. The van der Waals surface area contributed by atoms with Crippen molar-refractivity contribution >= 4 is 5.91 Å². The van der Waals surface area contributed by atoms with E-state index in [9.17, 15) is 14.0 Å². The van der Waals surface area contributed by atoms with E-state index in [4.69, 9.17) is 0 Å². The maximum Gasteiger partial charge on any atom is 0.253 e. The van der Waals surface area contributed by atoms with Gasteiger partial charge in [-0.1, -0.05) is 18.6 Å². The van der Waals surface area contributed by atoms with Crippen LogP contribution < -0.4 is 10.9 Å². The predicted octanol–water partition coefficient (Wildman–Crippen LogP) is 2.80. The Balaban J connectivity index is 1.83. The third kappa shape index (κ3) is 3.33. The van der Waals surface area contributed by atoms with Gasteiger partial charge in [-0.25, -0.2) is 4.39 Å². The van der Waals surface area contributed by atoms with E-state index in [0.29, 0.717) is 11.5 Å². The first-order chi connectivity index (χ1) is 11.0. The number of nitrogens with one attached hydrogen (secondary N) is 1. The molecule has 1 amide bonds. The molecule has 1 aromatic heterocycles. The molecule has 4 nitrogen and oxygen atoms in total. The van der Waals surface area contributed by atoms with Crippen LogP contribution in [0.1, 0.15) is 41.2 Å². The summed E-state index contributed by atoms with van der Waals surface area (Å²) in [5, 5.41) is 3.04. The molecule has 1 saturated carbocycles. The second-order valence-corrected chi connectivity index (χ2v) is 6.06. The van der Waals surface area contributed by atoms with Gasteiger partial charge in [0, 0.05) is 19.3 Å². The monoisotopic (exact) mass is 314 g/mol. The summed E-state index contributed by atoms with van der Waals surface area (Å²) in [6.07, 6.45) is 4.78. The Morgan fingerprint density at radius 2 is 1.91 bits per heavy atom. The average Bonchev–Trinajstić information content (AvgIpc) is 2.48. The van der Waals surface area contributed by atoms with E-state index in [0.717, 1.165) is 24.8 Å². The van der Waals surface area contributed by atoms with Gasteiger partial charge in [0.2, 0.25) is 5.56 Å². The lowest BCUT2D eigenvalue weighted by atomic mass is 9.77. The lowest BCUT2D eigenvalue weighted by molar-refractivity contribution is 0.0900. The number of carbonyl (C=O) groups excluding carboxylic acids is 1. The van der Waals surface area contributed by atoms with Crippen LogP contribution in [0.4, 0.5) is 4.39 Å². The summed E-state index contributed by atoms with van der Waals surface area (Å²) >= 11 is 0. The molecule has 0 saturated heterocycles. The van der Waals surface area contributed by atoms with Gasteiger partial charge in [-0.2, -0.15) is 0 Å². The Morgan fingerprint density at radius 3 is 2.48 bits per heavy atom. The summed E-state index contributed by atoms with van der Waals surface area (Å²) in [5.41, 5.74) is 1.20. The van der Waals surface area contributed by atoms with E-state index in [2.05, 4.69) is 5.32 Å². The van der Waals surface area contributed by atoms with Gasteiger partial charge < -0.3 is 9.88 Å². The number of hydrogen-bond acceptors (Lipinski definition) is 2. The van der Waals surface area contributed by atoms with E-state index in [-0.39, 0.29) is 23.3 Å². The van der Waals surface area contributed by atoms with Crippen LogP contribution in [-0.2, 0) is 7.05 Å². The van der Waals surface area contributed by atoms with Crippen LogP contribution >= 0.6 is 0 Å². The highest BCUT2D eigenvalue weighted by molar-refractivity contribution is 5.94. The predicted molar refractivity (Wildman–Crippen MR) is 85.6 cm³/mol. The van der Waals surface area contributed by atoms with E-state index >= 15 is 0 Å². The first-order valence-corrected chi connectivity index (χ1v) is 7.77. The molecule has 1 N–H and O–H groups in total. The summed E-state index contributed by atoms with van der Waals surface area (Å²) in [5.74, 6) is -0.135. The minimum Gasteiger partial charge on any atom is -0.345 e. The number of amides is 1. The highest BCUT2D eigenvalue weighted by Crippen LogP contribution is 2.37. The van der Waals surface area contributed by atoms with Gasteiger partial charge in [0.05, 0.1) is 11.6 Å². The molecular formula is C18H19FN2O2. The quantitative estimate of drug-likeness (QED) is 0.943. The molecular weight excluding hydrogens is 295 g/mol. The molecule has 1 unspecified atom stereocenters. The Labute approximate surface area is 134 Å². The molecule has 0 radical (unpaired) electrons. The van der Waals surface area contributed by atoms with Crippen molar-refractivity contribution in [2.24, 2.45) is 13.0 Å². The van der Waals surface area contributed by atoms with Gasteiger partial charge in [-0.3, -0.25) is 9.59 Å². The maximum absolute atomic E-state index is 13.1. The standard InChI is InChI=1S/C18H19FN2O2/c1-21-11-14(7-10-16(21)22)18(23)20-17(12-3-2-4-12)13-5-8-15(19)9-6-13/h5-12,17H,2-4H2,1H3,(H,20,23). The second-order valence-electron chi connectivity index (χ2n) is 6.06. The van der Waals surface area contributed by atoms with E-state index in [1.165, 1.54) is 35.0 Å². The van der Waals surface area contributed by atoms with Crippen molar-refractivity contribution in [3.05, 3.63) is 69.9 Å². The lowest BCUT2D eigenvalue weighted by Gasteiger charge is -2.34. The third-order valence-corrected chi connectivity index (χ3v) is 4.48. The smallest absolute Gasteiger partial charge is 0.253 e. The summed E-state index contributed by atoms with van der Waals surface area (Å²) in [6.45, 7) is 0. The van der Waals surface area contributed by atoms with E-state index in [1.807, 2.05) is 0 Å². The van der Waals surface area contributed by atoms with Crippen LogP contribution in [0, 0.1) is 11.7 Å². The molecule has 1 heterocycles. The Morgan fingerprint density at radius 1 is 1.22 bits per heavy atom. The fourth-order valence-corrected chi connectivity index (χ4v) is 2.87. The van der Waals surface area contributed by atoms with Crippen molar-refractivity contribution in [2.75, 3.05) is 0 Å². The van der Waals surface area contributed by atoms with Crippen molar-refractivity contribution in [1.82, 2.24) is 9.88 Å². The van der Waals surface area contributed by atoms with E-state index < -0.39 is 0 Å². The van der Waals surface area contributed by atoms with Crippen LogP contribution in [0.2, 0.25) is 0 Å². The van der Waals surface area contributed by atoms with Gasteiger partial charge in [-0.15, -0.1) is 0 Å². The molecule has 2 aromatic rings. The molecule has 1 aliphatic rings. The minimum atomic E-state index is -0.287. The molecule has 1 atom stereocenters. The average molecular weight is 314 g/mol. The number of nitrogens with zero attached hydrogens (tertiary/aromatic N) is 1. The van der Waals surface area contributed by atoms with Crippen LogP contribution in [0.25, 0.3) is 0 Å². The van der Waals surface area contributed by atoms with Crippen molar-refractivity contribution in [3.8, 4) is 0 Å². The zero-order chi connectivity index (χ0) is 16.4. The second kappa shape index (κ2) is 6.36. The molecule has 3 rings (SSSR count). The zero-order valence-electron chi connectivity index (χ0n) is 13.0. The fraction of sp³-hybridized carbons (Fsp3) is 0.333. The third-order valence-electron chi connectivity index (χ3n) is 4.48. The molecule has 1 fully saturated rings. The van der Waals surface area contributed by atoms with Gasteiger partial charge in [0.15, 0.2) is 0 Å². The van der Waals surface area contributed by atoms with Crippen molar-refractivity contribution in [1.29, 1.82) is 0 Å².